The van der Waals surface area contributed by atoms with Gasteiger partial charge in [-0.2, -0.15) is 0 Å². The van der Waals surface area contributed by atoms with Gasteiger partial charge in [-0.05, 0) is 37.1 Å². The molecule has 1 saturated carbocycles. The van der Waals surface area contributed by atoms with E-state index in [-0.39, 0.29) is 5.91 Å². The Kier molecular flexibility index (Phi) is 6.41. The largest absolute Gasteiger partial charge is 0.465 e. The van der Waals surface area contributed by atoms with Crippen LogP contribution in [0, 0.1) is 0 Å². The Bertz CT molecular complexity index is 799. The fraction of sp³-hybridized carbons (Fsp3) is 0.381. The molecule has 0 saturated heterocycles. The summed E-state index contributed by atoms with van der Waals surface area (Å²) in [5.41, 5.74) is 1.23. The van der Waals surface area contributed by atoms with E-state index in [1.54, 1.807) is 42.6 Å². The van der Waals surface area contributed by atoms with Crippen molar-refractivity contribution in [2.24, 2.45) is 0 Å². The highest BCUT2D eigenvalue weighted by Gasteiger charge is 2.16. The Morgan fingerprint density at radius 1 is 1.07 bits per heavy atom. The van der Waals surface area contributed by atoms with E-state index in [0.29, 0.717) is 28.7 Å². The maximum absolute atomic E-state index is 12.7. The van der Waals surface area contributed by atoms with E-state index >= 15 is 0 Å². The normalized spacial score (nSPS) is 14.9. The molecule has 1 heterocycles. The van der Waals surface area contributed by atoms with Gasteiger partial charge in [-0.15, -0.1) is 0 Å². The predicted octanol–water partition coefficient (Wildman–Crippen LogP) is 4.26. The lowest BCUT2D eigenvalue weighted by atomic mass is 10.1. The third-order valence-corrected chi connectivity index (χ3v) is 4.81. The molecule has 0 bridgehead atoms. The summed E-state index contributed by atoms with van der Waals surface area (Å²) < 4.78 is 4.77. The Morgan fingerprint density at radius 2 is 1.81 bits per heavy atom. The predicted molar refractivity (Wildman–Crippen MR) is 105 cm³/mol. The monoisotopic (exact) mass is 367 g/mol. The number of anilines is 2. The Labute approximate surface area is 159 Å². The van der Waals surface area contributed by atoms with Crippen LogP contribution in [0.25, 0.3) is 0 Å². The molecule has 2 aromatic rings. The van der Waals surface area contributed by atoms with Crippen LogP contribution in [0.15, 0.2) is 42.6 Å². The average Bonchev–Trinajstić information content (AvgIpc) is 2.96. The number of ether oxygens (including phenoxy) is 1. The lowest BCUT2D eigenvalue weighted by Crippen LogP contribution is -2.20. The number of carbonyl (C=O) groups excluding carboxylic acids is 2. The number of benzene rings is 1. The van der Waals surface area contributed by atoms with Crippen LogP contribution >= 0.6 is 0 Å². The van der Waals surface area contributed by atoms with Crippen LogP contribution in [-0.2, 0) is 4.74 Å². The van der Waals surface area contributed by atoms with Gasteiger partial charge in [0.1, 0.15) is 5.82 Å². The topological polar surface area (TPSA) is 80.3 Å². The lowest BCUT2D eigenvalue weighted by Gasteiger charge is -2.17. The van der Waals surface area contributed by atoms with E-state index in [9.17, 15) is 9.59 Å². The summed E-state index contributed by atoms with van der Waals surface area (Å²) in [4.78, 5) is 28.9. The van der Waals surface area contributed by atoms with Crippen LogP contribution in [0.5, 0.6) is 0 Å². The molecule has 0 aliphatic heterocycles. The number of aromatic nitrogens is 1. The minimum Gasteiger partial charge on any atom is -0.465 e. The third-order valence-electron chi connectivity index (χ3n) is 4.81. The number of methoxy groups -OCH3 is 1. The fourth-order valence-electron chi connectivity index (χ4n) is 3.36. The van der Waals surface area contributed by atoms with Crippen LogP contribution < -0.4 is 10.6 Å². The highest BCUT2D eigenvalue weighted by atomic mass is 16.5. The molecule has 0 unspecified atom stereocenters. The molecule has 3 rings (SSSR count). The summed E-state index contributed by atoms with van der Waals surface area (Å²) >= 11 is 0. The lowest BCUT2D eigenvalue weighted by molar-refractivity contribution is 0.0602. The number of hydrogen-bond donors (Lipinski definition) is 2. The first-order chi connectivity index (χ1) is 13.2. The summed E-state index contributed by atoms with van der Waals surface area (Å²) in [5, 5.41) is 6.24. The standard InChI is InChI=1S/C21H25N3O3/c1-27-21(26)17-10-6-7-11-18(17)24-20(25)15-12-13-22-19(14-15)23-16-8-4-2-3-5-9-16/h6-7,10-14,16H,2-5,8-9H2,1H3,(H,22,23)(H,24,25). The van der Waals surface area contributed by atoms with Crippen molar-refractivity contribution < 1.29 is 14.3 Å². The molecule has 6 nitrogen and oxygen atoms in total. The van der Waals surface area contributed by atoms with E-state index in [1.807, 2.05) is 0 Å². The van der Waals surface area contributed by atoms with Gasteiger partial charge in [0.05, 0.1) is 18.4 Å². The van der Waals surface area contributed by atoms with Crippen molar-refractivity contribution in [1.29, 1.82) is 0 Å². The number of nitrogens with zero attached hydrogens (tertiary/aromatic N) is 1. The molecule has 1 aromatic carbocycles. The molecule has 0 radical (unpaired) electrons. The third kappa shape index (κ3) is 5.06. The smallest absolute Gasteiger partial charge is 0.339 e. The van der Waals surface area contributed by atoms with Crippen LogP contribution in [0.2, 0.25) is 0 Å². The maximum Gasteiger partial charge on any atom is 0.339 e. The molecule has 142 valence electrons. The molecule has 1 amide bonds. The van der Waals surface area contributed by atoms with Gasteiger partial charge in [0, 0.05) is 17.8 Å². The molecule has 1 fully saturated rings. The van der Waals surface area contributed by atoms with Crippen molar-refractivity contribution in [2.75, 3.05) is 17.7 Å². The van der Waals surface area contributed by atoms with E-state index in [2.05, 4.69) is 15.6 Å². The molecular formula is C21H25N3O3. The highest BCUT2D eigenvalue weighted by Crippen LogP contribution is 2.21. The van der Waals surface area contributed by atoms with Gasteiger partial charge in [0.25, 0.3) is 5.91 Å². The number of nitrogens with one attached hydrogen (secondary N) is 2. The number of carbonyl (C=O) groups is 2. The van der Waals surface area contributed by atoms with Gasteiger partial charge in [-0.3, -0.25) is 4.79 Å². The molecule has 1 aliphatic rings. The molecule has 0 spiro atoms. The van der Waals surface area contributed by atoms with E-state index in [4.69, 9.17) is 4.74 Å². The van der Waals surface area contributed by atoms with Gasteiger partial charge in [0.2, 0.25) is 0 Å². The zero-order valence-corrected chi connectivity index (χ0v) is 15.5. The zero-order valence-electron chi connectivity index (χ0n) is 15.5. The van der Waals surface area contributed by atoms with Gasteiger partial charge >= 0.3 is 5.97 Å². The second-order valence-corrected chi connectivity index (χ2v) is 6.75. The Balaban J connectivity index is 1.71. The van der Waals surface area contributed by atoms with Crippen LogP contribution in [0.1, 0.15) is 59.2 Å². The van der Waals surface area contributed by atoms with Gasteiger partial charge in [-0.25, -0.2) is 9.78 Å². The second-order valence-electron chi connectivity index (χ2n) is 6.75. The van der Waals surface area contributed by atoms with Gasteiger partial charge in [-0.1, -0.05) is 37.8 Å². The van der Waals surface area contributed by atoms with Gasteiger partial charge < -0.3 is 15.4 Å². The second kappa shape index (κ2) is 9.16. The molecule has 0 atom stereocenters. The average molecular weight is 367 g/mol. The number of hydrogen-bond acceptors (Lipinski definition) is 5. The molecule has 1 aliphatic carbocycles. The number of pyridine rings is 1. The van der Waals surface area contributed by atoms with Crippen molar-refractivity contribution in [1.82, 2.24) is 4.98 Å². The number of esters is 1. The highest BCUT2D eigenvalue weighted by molar-refractivity contribution is 6.08. The molecule has 6 heteroatoms. The fourth-order valence-corrected chi connectivity index (χ4v) is 3.36. The first-order valence-electron chi connectivity index (χ1n) is 9.38. The van der Waals surface area contributed by atoms with Crippen LogP contribution in [-0.4, -0.2) is 30.0 Å². The SMILES string of the molecule is COC(=O)c1ccccc1NC(=O)c1ccnc(NC2CCCCCC2)c1. The Hall–Kier alpha value is -2.89. The number of rotatable bonds is 5. The first kappa shape index (κ1) is 18.9. The summed E-state index contributed by atoms with van der Waals surface area (Å²) in [7, 11) is 1.31. The number of amides is 1. The molecule has 27 heavy (non-hydrogen) atoms. The molecular weight excluding hydrogens is 342 g/mol. The van der Waals surface area contributed by atoms with Crippen molar-refractivity contribution in [3.8, 4) is 0 Å². The van der Waals surface area contributed by atoms with Crippen molar-refractivity contribution in [3.63, 3.8) is 0 Å². The quantitative estimate of drug-likeness (QED) is 0.610. The van der Waals surface area contributed by atoms with E-state index in [1.165, 1.54) is 32.8 Å². The molecule has 2 N–H and O–H groups in total. The summed E-state index contributed by atoms with van der Waals surface area (Å²) in [6.07, 6.45) is 8.90. The van der Waals surface area contributed by atoms with E-state index in [0.717, 1.165) is 12.8 Å². The summed E-state index contributed by atoms with van der Waals surface area (Å²) in [6.45, 7) is 0. The van der Waals surface area contributed by atoms with Crippen molar-refractivity contribution in [3.05, 3.63) is 53.7 Å². The van der Waals surface area contributed by atoms with Crippen LogP contribution in [0.3, 0.4) is 0 Å². The Morgan fingerprint density at radius 3 is 2.56 bits per heavy atom. The zero-order chi connectivity index (χ0) is 19.1. The van der Waals surface area contributed by atoms with E-state index < -0.39 is 5.97 Å². The minimum absolute atomic E-state index is 0.294. The minimum atomic E-state index is -0.489. The molecule has 1 aromatic heterocycles. The van der Waals surface area contributed by atoms with Crippen molar-refractivity contribution in [2.45, 2.75) is 44.6 Å². The van der Waals surface area contributed by atoms with Crippen molar-refractivity contribution >= 4 is 23.4 Å². The van der Waals surface area contributed by atoms with Crippen LogP contribution in [0.4, 0.5) is 11.5 Å². The summed E-state index contributed by atoms with van der Waals surface area (Å²) in [6, 6.07) is 10.6. The summed E-state index contributed by atoms with van der Waals surface area (Å²) in [5.74, 6) is -0.0789. The van der Waals surface area contributed by atoms with Gasteiger partial charge in [0.15, 0.2) is 0 Å². The number of para-hydroxylation sites is 1. The maximum atomic E-state index is 12.7. The first-order valence-corrected chi connectivity index (χ1v) is 9.38.